The highest BCUT2D eigenvalue weighted by molar-refractivity contribution is 6.62. The average molecular weight is 367 g/mol. The highest BCUT2D eigenvalue weighted by atomic mass is 19.3. The summed E-state index contributed by atoms with van der Waals surface area (Å²) in [6.07, 6.45) is -0.295. The highest BCUT2D eigenvalue weighted by Gasteiger charge is 2.51. The number of halogens is 2. The minimum Gasteiger partial charge on any atom is -0.484 e. The van der Waals surface area contributed by atoms with Crippen LogP contribution in [-0.2, 0) is 14.1 Å². The summed E-state index contributed by atoms with van der Waals surface area (Å²) in [7, 11) is -0.531. The molecular weight excluding hydrogens is 343 g/mol. The minimum absolute atomic E-state index is 0.0587. The Bertz CT molecular complexity index is 680. The molecule has 1 aromatic rings. The van der Waals surface area contributed by atoms with Crippen molar-refractivity contribution in [1.82, 2.24) is 4.90 Å². The number of nitrogens with zero attached hydrogens (tertiary/aromatic N) is 1. The molecule has 2 heterocycles. The Balaban J connectivity index is 1.61. The molecule has 142 valence electrons. The van der Waals surface area contributed by atoms with Crippen molar-refractivity contribution in [2.45, 2.75) is 51.2 Å². The standard InChI is InChI=1S/C18H24BF2NO4/c1-16(2)17(3,4)26-19(25-16)13-6-5-7-14(10-13)24-11-15(23)22-9-8-18(20,21)12-22/h5-7,10H,8-9,11-12H2,1-4H3. The summed E-state index contributed by atoms with van der Waals surface area (Å²) < 4.78 is 43.9. The molecule has 5 nitrogen and oxygen atoms in total. The summed E-state index contributed by atoms with van der Waals surface area (Å²) in [5.74, 6) is -2.77. The summed E-state index contributed by atoms with van der Waals surface area (Å²) in [6, 6.07) is 7.09. The number of carbonyl (C=O) groups excluding carboxylic acids is 1. The topological polar surface area (TPSA) is 48.0 Å². The van der Waals surface area contributed by atoms with Crippen molar-refractivity contribution < 1.29 is 27.6 Å². The van der Waals surface area contributed by atoms with E-state index in [1.807, 2.05) is 33.8 Å². The van der Waals surface area contributed by atoms with E-state index in [1.54, 1.807) is 18.2 Å². The minimum atomic E-state index is -2.80. The largest absolute Gasteiger partial charge is 0.494 e. The molecule has 0 saturated carbocycles. The first-order chi connectivity index (χ1) is 12.0. The van der Waals surface area contributed by atoms with Gasteiger partial charge in [-0.25, -0.2) is 8.78 Å². The zero-order valence-corrected chi connectivity index (χ0v) is 15.6. The van der Waals surface area contributed by atoms with E-state index in [0.717, 1.165) is 10.4 Å². The maximum atomic E-state index is 13.2. The van der Waals surface area contributed by atoms with Crippen LogP contribution in [0.25, 0.3) is 0 Å². The molecule has 0 unspecified atom stereocenters. The van der Waals surface area contributed by atoms with Gasteiger partial charge in [0.05, 0.1) is 17.7 Å². The maximum Gasteiger partial charge on any atom is 0.494 e. The molecular formula is C18H24BF2NO4. The number of benzene rings is 1. The van der Waals surface area contributed by atoms with Crippen molar-refractivity contribution in [2.75, 3.05) is 19.7 Å². The molecule has 3 rings (SSSR count). The zero-order valence-electron chi connectivity index (χ0n) is 15.6. The highest BCUT2D eigenvalue weighted by Crippen LogP contribution is 2.36. The lowest BCUT2D eigenvalue weighted by Crippen LogP contribution is -2.41. The number of hydrogen-bond donors (Lipinski definition) is 0. The molecule has 1 amide bonds. The predicted octanol–water partition coefficient (Wildman–Crippen LogP) is 2.23. The first kappa shape index (κ1) is 19.1. The third-order valence-electron chi connectivity index (χ3n) is 5.27. The summed E-state index contributed by atoms with van der Waals surface area (Å²) in [5, 5.41) is 0. The van der Waals surface area contributed by atoms with Gasteiger partial charge in [0.15, 0.2) is 6.61 Å². The van der Waals surface area contributed by atoms with Gasteiger partial charge in [-0.15, -0.1) is 0 Å². The van der Waals surface area contributed by atoms with Crippen molar-refractivity contribution in [3.8, 4) is 5.75 Å². The van der Waals surface area contributed by atoms with E-state index in [4.69, 9.17) is 14.0 Å². The smallest absolute Gasteiger partial charge is 0.484 e. The second kappa shape index (κ2) is 6.49. The lowest BCUT2D eigenvalue weighted by Gasteiger charge is -2.32. The first-order valence-corrected chi connectivity index (χ1v) is 8.73. The van der Waals surface area contributed by atoms with E-state index in [0.29, 0.717) is 5.75 Å². The molecule has 0 aromatic heterocycles. The number of carbonyl (C=O) groups is 1. The van der Waals surface area contributed by atoms with Crippen LogP contribution in [0.5, 0.6) is 5.75 Å². The third-order valence-corrected chi connectivity index (χ3v) is 5.27. The Morgan fingerprint density at radius 1 is 1.23 bits per heavy atom. The van der Waals surface area contributed by atoms with Gasteiger partial charge in [-0.2, -0.15) is 0 Å². The van der Waals surface area contributed by atoms with Crippen LogP contribution in [0.1, 0.15) is 34.1 Å². The molecule has 0 N–H and O–H groups in total. The van der Waals surface area contributed by atoms with Gasteiger partial charge in [-0.05, 0) is 45.3 Å². The molecule has 2 fully saturated rings. The number of amides is 1. The first-order valence-electron chi connectivity index (χ1n) is 8.73. The number of likely N-dealkylation sites (tertiary alicyclic amines) is 1. The number of ether oxygens (including phenoxy) is 1. The lowest BCUT2D eigenvalue weighted by atomic mass is 9.79. The van der Waals surface area contributed by atoms with E-state index in [-0.39, 0.29) is 19.6 Å². The van der Waals surface area contributed by atoms with Crippen LogP contribution in [-0.4, -0.2) is 54.7 Å². The van der Waals surface area contributed by atoms with Gasteiger partial charge in [0.1, 0.15) is 5.75 Å². The van der Waals surface area contributed by atoms with Gasteiger partial charge in [0.2, 0.25) is 0 Å². The second-order valence-electron chi connectivity index (χ2n) is 7.87. The fourth-order valence-corrected chi connectivity index (χ4v) is 2.92. The molecule has 1 aromatic carbocycles. The van der Waals surface area contributed by atoms with Crippen LogP contribution in [0, 0.1) is 0 Å². The van der Waals surface area contributed by atoms with E-state index < -0.39 is 36.7 Å². The van der Waals surface area contributed by atoms with Crippen LogP contribution >= 0.6 is 0 Å². The van der Waals surface area contributed by atoms with Crippen molar-refractivity contribution >= 4 is 18.5 Å². The SMILES string of the molecule is CC1(C)OB(c2cccc(OCC(=O)N3CCC(F)(F)C3)c2)OC1(C)C. The van der Waals surface area contributed by atoms with Crippen LogP contribution in [0.3, 0.4) is 0 Å². The average Bonchev–Trinajstić information content (AvgIpc) is 3.01. The van der Waals surface area contributed by atoms with E-state index in [2.05, 4.69) is 0 Å². The van der Waals surface area contributed by atoms with Gasteiger partial charge in [-0.1, -0.05) is 12.1 Å². The van der Waals surface area contributed by atoms with E-state index in [1.165, 1.54) is 0 Å². The quantitative estimate of drug-likeness (QED) is 0.766. The van der Waals surface area contributed by atoms with E-state index >= 15 is 0 Å². The molecule has 2 aliphatic heterocycles. The van der Waals surface area contributed by atoms with Crippen molar-refractivity contribution in [1.29, 1.82) is 0 Å². The molecule has 0 bridgehead atoms. The Morgan fingerprint density at radius 2 is 1.88 bits per heavy atom. The molecule has 2 aliphatic rings. The number of rotatable bonds is 4. The fourth-order valence-electron chi connectivity index (χ4n) is 2.92. The van der Waals surface area contributed by atoms with Crippen molar-refractivity contribution in [3.05, 3.63) is 24.3 Å². The van der Waals surface area contributed by atoms with Crippen LogP contribution in [0.4, 0.5) is 8.78 Å². The van der Waals surface area contributed by atoms with Gasteiger partial charge in [0, 0.05) is 13.0 Å². The normalized spacial score (nSPS) is 23.3. The van der Waals surface area contributed by atoms with Crippen LogP contribution < -0.4 is 10.2 Å². The van der Waals surface area contributed by atoms with Gasteiger partial charge in [0.25, 0.3) is 11.8 Å². The van der Waals surface area contributed by atoms with Gasteiger partial charge < -0.3 is 18.9 Å². The maximum absolute atomic E-state index is 13.2. The predicted molar refractivity (Wildman–Crippen MR) is 93.8 cm³/mol. The number of alkyl halides is 2. The molecule has 0 spiro atoms. The molecule has 8 heteroatoms. The van der Waals surface area contributed by atoms with Gasteiger partial charge >= 0.3 is 7.12 Å². The summed E-state index contributed by atoms with van der Waals surface area (Å²) >= 11 is 0. The summed E-state index contributed by atoms with van der Waals surface area (Å²) in [6.45, 7) is 7.13. The molecule has 26 heavy (non-hydrogen) atoms. The number of hydrogen-bond acceptors (Lipinski definition) is 4. The monoisotopic (exact) mass is 367 g/mol. The summed E-state index contributed by atoms with van der Waals surface area (Å²) in [5.41, 5.74) is -0.127. The Labute approximate surface area is 152 Å². The lowest BCUT2D eigenvalue weighted by molar-refractivity contribution is -0.133. The Hall–Kier alpha value is -1.67. The Morgan fingerprint density at radius 3 is 2.46 bits per heavy atom. The second-order valence-corrected chi connectivity index (χ2v) is 7.87. The van der Waals surface area contributed by atoms with Gasteiger partial charge in [-0.3, -0.25) is 4.79 Å². The molecule has 0 aliphatic carbocycles. The zero-order chi connectivity index (χ0) is 19.2. The summed E-state index contributed by atoms with van der Waals surface area (Å²) in [4.78, 5) is 13.2. The van der Waals surface area contributed by atoms with Crippen LogP contribution in [0.15, 0.2) is 24.3 Å². The third kappa shape index (κ3) is 3.86. The Kier molecular flexibility index (Phi) is 4.77. The fraction of sp³-hybridized carbons (Fsp3) is 0.611. The molecule has 0 atom stereocenters. The molecule has 2 saturated heterocycles. The van der Waals surface area contributed by atoms with Crippen molar-refractivity contribution in [2.24, 2.45) is 0 Å². The van der Waals surface area contributed by atoms with Crippen LogP contribution in [0.2, 0.25) is 0 Å². The molecule has 0 radical (unpaired) electrons. The van der Waals surface area contributed by atoms with Crippen molar-refractivity contribution in [3.63, 3.8) is 0 Å². The van der Waals surface area contributed by atoms with E-state index in [9.17, 15) is 13.6 Å².